The first kappa shape index (κ1) is 17.6. The minimum atomic E-state index is -1.10. The number of carboxylic acid groups (broad SMARTS) is 1. The molecule has 0 saturated carbocycles. The van der Waals surface area contributed by atoms with Gasteiger partial charge in [0.15, 0.2) is 5.75 Å². The average Bonchev–Trinajstić information content (AvgIpc) is 2.56. The summed E-state index contributed by atoms with van der Waals surface area (Å²) in [4.78, 5) is 26.9. The number of carbonyl (C=O) groups excluding carboxylic acids is 1. The van der Waals surface area contributed by atoms with E-state index in [2.05, 4.69) is 15.6 Å². The molecule has 0 bridgehead atoms. The van der Waals surface area contributed by atoms with Gasteiger partial charge in [-0.3, -0.25) is 4.79 Å². The lowest BCUT2D eigenvalue weighted by molar-refractivity contribution is -0.119. The Morgan fingerprint density at radius 1 is 1.33 bits per heavy atom. The van der Waals surface area contributed by atoms with Crippen molar-refractivity contribution in [2.45, 2.75) is 6.42 Å². The molecule has 0 saturated heterocycles. The van der Waals surface area contributed by atoms with Gasteiger partial charge in [0.2, 0.25) is 5.91 Å². The van der Waals surface area contributed by atoms with Crippen molar-refractivity contribution < 1.29 is 19.4 Å². The highest BCUT2D eigenvalue weighted by atomic mass is 35.5. The molecule has 2 aromatic rings. The number of pyridine rings is 1. The molecule has 1 aromatic heterocycles. The quantitative estimate of drug-likeness (QED) is 0.693. The van der Waals surface area contributed by atoms with Crippen LogP contribution in [0.5, 0.6) is 5.75 Å². The molecule has 0 aliphatic rings. The molecule has 1 heterocycles. The number of nitrogens with one attached hydrogen (secondary N) is 2. The number of aromatic carboxylic acids is 1. The number of para-hydroxylation sites is 1. The van der Waals surface area contributed by atoms with Crippen molar-refractivity contribution in [2.24, 2.45) is 0 Å². The molecule has 0 aliphatic carbocycles. The van der Waals surface area contributed by atoms with Crippen LogP contribution >= 0.6 is 11.6 Å². The number of methoxy groups -OCH3 is 1. The summed E-state index contributed by atoms with van der Waals surface area (Å²) in [6, 6.07) is 6.27. The standard InChI is InChI=1S/C16H16ClN3O4/c1-18-14(21)6-9-8-19-13(17)7-12(9)20-11-5-3-4-10(16(22)23)15(11)24-2/h3-5,7-8H,6H2,1-2H3,(H,18,21)(H,19,20)(H,22,23). The summed E-state index contributed by atoms with van der Waals surface area (Å²) in [5.74, 6) is -1.11. The lowest BCUT2D eigenvalue weighted by Crippen LogP contribution is -2.20. The Morgan fingerprint density at radius 3 is 2.71 bits per heavy atom. The maximum absolute atomic E-state index is 11.6. The molecule has 2 rings (SSSR count). The predicted octanol–water partition coefficient (Wildman–Crippen LogP) is 2.47. The average molecular weight is 350 g/mol. The molecule has 0 radical (unpaired) electrons. The second kappa shape index (κ2) is 7.65. The van der Waals surface area contributed by atoms with Crippen molar-refractivity contribution in [3.63, 3.8) is 0 Å². The van der Waals surface area contributed by atoms with E-state index in [1.807, 2.05) is 0 Å². The third-order valence-electron chi connectivity index (χ3n) is 3.30. The van der Waals surface area contributed by atoms with E-state index in [4.69, 9.17) is 16.3 Å². The van der Waals surface area contributed by atoms with Crippen molar-refractivity contribution in [3.8, 4) is 5.75 Å². The monoisotopic (exact) mass is 349 g/mol. The Bertz CT molecular complexity index is 780. The second-order valence-electron chi connectivity index (χ2n) is 4.83. The van der Waals surface area contributed by atoms with Crippen molar-refractivity contribution in [2.75, 3.05) is 19.5 Å². The molecule has 8 heteroatoms. The van der Waals surface area contributed by atoms with Gasteiger partial charge in [-0.1, -0.05) is 17.7 Å². The summed E-state index contributed by atoms with van der Waals surface area (Å²) in [5.41, 5.74) is 1.62. The smallest absolute Gasteiger partial charge is 0.339 e. The number of anilines is 2. The Balaban J connectivity index is 2.44. The van der Waals surface area contributed by atoms with Gasteiger partial charge >= 0.3 is 5.97 Å². The van der Waals surface area contributed by atoms with E-state index in [-0.39, 0.29) is 28.8 Å². The molecule has 1 amide bonds. The van der Waals surface area contributed by atoms with Gasteiger partial charge in [0.25, 0.3) is 0 Å². The molecule has 0 fully saturated rings. The number of likely N-dealkylation sites (N-methyl/N-ethyl adjacent to an activating group) is 1. The Morgan fingerprint density at radius 2 is 2.08 bits per heavy atom. The second-order valence-corrected chi connectivity index (χ2v) is 5.22. The van der Waals surface area contributed by atoms with E-state index in [0.29, 0.717) is 16.9 Å². The summed E-state index contributed by atoms with van der Waals surface area (Å²) < 4.78 is 5.21. The molecule has 0 unspecified atom stereocenters. The van der Waals surface area contributed by atoms with E-state index in [0.717, 1.165) is 0 Å². The Kier molecular flexibility index (Phi) is 5.59. The Labute approximate surface area is 143 Å². The van der Waals surface area contributed by atoms with E-state index in [1.165, 1.54) is 26.4 Å². The molecule has 24 heavy (non-hydrogen) atoms. The number of aromatic nitrogens is 1. The number of halogens is 1. The number of benzene rings is 1. The molecule has 3 N–H and O–H groups in total. The fraction of sp³-hybridized carbons (Fsp3) is 0.188. The lowest BCUT2D eigenvalue weighted by Gasteiger charge is -2.16. The number of amides is 1. The van der Waals surface area contributed by atoms with Crippen LogP contribution in [0.1, 0.15) is 15.9 Å². The van der Waals surface area contributed by atoms with E-state index in [1.54, 1.807) is 18.2 Å². The third kappa shape index (κ3) is 3.94. The largest absolute Gasteiger partial charge is 0.494 e. The number of carbonyl (C=O) groups is 2. The van der Waals surface area contributed by atoms with Crippen LogP contribution in [0.15, 0.2) is 30.5 Å². The maximum atomic E-state index is 11.6. The number of hydrogen-bond acceptors (Lipinski definition) is 5. The van der Waals surface area contributed by atoms with Crippen molar-refractivity contribution >= 4 is 34.9 Å². The molecular weight excluding hydrogens is 334 g/mol. The highest BCUT2D eigenvalue weighted by molar-refractivity contribution is 6.29. The van der Waals surface area contributed by atoms with Crippen molar-refractivity contribution in [1.82, 2.24) is 10.3 Å². The predicted molar refractivity (Wildman–Crippen MR) is 90.3 cm³/mol. The first-order valence-corrected chi connectivity index (χ1v) is 7.36. The van der Waals surface area contributed by atoms with Crippen LogP contribution in [0.2, 0.25) is 5.15 Å². The molecule has 0 aliphatic heterocycles. The van der Waals surface area contributed by atoms with Crippen LogP contribution in [-0.4, -0.2) is 36.1 Å². The SMILES string of the molecule is CNC(=O)Cc1cnc(Cl)cc1Nc1cccc(C(=O)O)c1OC. The zero-order valence-electron chi connectivity index (χ0n) is 13.1. The molecule has 0 atom stereocenters. The van der Waals surface area contributed by atoms with E-state index < -0.39 is 5.97 Å². The van der Waals surface area contributed by atoms with Crippen LogP contribution in [0, 0.1) is 0 Å². The van der Waals surface area contributed by atoms with Crippen LogP contribution < -0.4 is 15.4 Å². The van der Waals surface area contributed by atoms with Gasteiger partial charge < -0.3 is 20.5 Å². The normalized spacial score (nSPS) is 10.1. The number of ether oxygens (including phenoxy) is 1. The van der Waals surface area contributed by atoms with Crippen molar-refractivity contribution in [3.05, 3.63) is 46.7 Å². The molecule has 0 spiro atoms. The first-order chi connectivity index (χ1) is 11.5. The minimum Gasteiger partial charge on any atom is -0.494 e. The van der Waals surface area contributed by atoms with Crippen LogP contribution in [0.4, 0.5) is 11.4 Å². The zero-order chi connectivity index (χ0) is 17.7. The van der Waals surface area contributed by atoms with Gasteiger partial charge in [-0.15, -0.1) is 0 Å². The summed E-state index contributed by atoms with van der Waals surface area (Å²) in [6.07, 6.45) is 1.59. The van der Waals surface area contributed by atoms with Gasteiger partial charge in [0, 0.05) is 24.5 Å². The molecular formula is C16H16ClN3O4. The fourth-order valence-corrected chi connectivity index (χ4v) is 2.30. The maximum Gasteiger partial charge on any atom is 0.339 e. The van der Waals surface area contributed by atoms with Gasteiger partial charge in [-0.25, -0.2) is 9.78 Å². The highest BCUT2D eigenvalue weighted by Gasteiger charge is 2.16. The van der Waals surface area contributed by atoms with E-state index in [9.17, 15) is 14.7 Å². The topological polar surface area (TPSA) is 101 Å². The summed E-state index contributed by atoms with van der Waals surface area (Å²) in [6.45, 7) is 0. The Hall–Kier alpha value is -2.80. The van der Waals surface area contributed by atoms with Crippen LogP contribution in [-0.2, 0) is 11.2 Å². The first-order valence-electron chi connectivity index (χ1n) is 6.98. The lowest BCUT2D eigenvalue weighted by atomic mass is 10.1. The number of rotatable bonds is 6. The zero-order valence-corrected chi connectivity index (χ0v) is 13.8. The van der Waals surface area contributed by atoms with Crippen LogP contribution in [0.3, 0.4) is 0 Å². The summed E-state index contributed by atoms with van der Waals surface area (Å²) in [7, 11) is 2.93. The highest BCUT2D eigenvalue weighted by Crippen LogP contribution is 2.33. The molecule has 1 aromatic carbocycles. The van der Waals surface area contributed by atoms with Gasteiger partial charge in [0.1, 0.15) is 10.7 Å². The van der Waals surface area contributed by atoms with Gasteiger partial charge in [-0.05, 0) is 18.2 Å². The van der Waals surface area contributed by atoms with E-state index >= 15 is 0 Å². The summed E-state index contributed by atoms with van der Waals surface area (Å²) in [5, 5.41) is 15.1. The fourth-order valence-electron chi connectivity index (χ4n) is 2.15. The molecule has 7 nitrogen and oxygen atoms in total. The van der Waals surface area contributed by atoms with Gasteiger partial charge in [-0.2, -0.15) is 0 Å². The number of hydrogen-bond donors (Lipinski definition) is 3. The summed E-state index contributed by atoms with van der Waals surface area (Å²) >= 11 is 5.93. The third-order valence-corrected chi connectivity index (χ3v) is 3.51. The molecule has 126 valence electrons. The van der Waals surface area contributed by atoms with Gasteiger partial charge in [0.05, 0.1) is 19.2 Å². The number of nitrogens with zero attached hydrogens (tertiary/aromatic N) is 1. The van der Waals surface area contributed by atoms with Crippen LogP contribution in [0.25, 0.3) is 0 Å². The number of carboxylic acids is 1. The minimum absolute atomic E-state index is 0.0236. The van der Waals surface area contributed by atoms with Crippen molar-refractivity contribution in [1.29, 1.82) is 0 Å².